The number of hydrogen-bond acceptors (Lipinski definition) is 3. The Bertz CT molecular complexity index is 824. The van der Waals surface area contributed by atoms with Gasteiger partial charge in [-0.25, -0.2) is 8.78 Å². The minimum atomic E-state index is -2.62. The molecule has 114 valence electrons. The summed E-state index contributed by atoms with van der Waals surface area (Å²) in [5, 5.41) is 5.77. The lowest BCUT2D eigenvalue weighted by Crippen LogP contribution is -2.09. The van der Waals surface area contributed by atoms with Crippen molar-refractivity contribution in [3.63, 3.8) is 0 Å². The summed E-state index contributed by atoms with van der Waals surface area (Å²) in [6.45, 7) is 0. The summed E-state index contributed by atoms with van der Waals surface area (Å²) in [6.07, 6.45) is 0.676. The van der Waals surface area contributed by atoms with Gasteiger partial charge in [-0.2, -0.15) is 5.10 Å². The van der Waals surface area contributed by atoms with Crippen LogP contribution in [0.3, 0.4) is 0 Å². The molecule has 0 N–H and O–H groups in total. The van der Waals surface area contributed by atoms with E-state index < -0.39 is 6.43 Å². The third-order valence-electron chi connectivity index (χ3n) is 3.56. The first kappa shape index (κ1) is 14.4. The van der Waals surface area contributed by atoms with Gasteiger partial charge in [-0.05, 0) is 17.5 Å². The van der Waals surface area contributed by atoms with Crippen molar-refractivity contribution >= 4 is 16.5 Å². The first-order valence-corrected chi connectivity index (χ1v) is 6.85. The van der Waals surface area contributed by atoms with E-state index in [-0.39, 0.29) is 5.69 Å². The summed E-state index contributed by atoms with van der Waals surface area (Å²) in [4.78, 5) is 6.36. The molecule has 0 amide bonds. The van der Waals surface area contributed by atoms with Crippen LogP contribution in [-0.2, 0) is 7.05 Å². The van der Waals surface area contributed by atoms with E-state index in [9.17, 15) is 8.78 Å². The molecule has 0 spiro atoms. The maximum absolute atomic E-state index is 13.1. The summed E-state index contributed by atoms with van der Waals surface area (Å²) in [5.74, 6) is 0. The van der Waals surface area contributed by atoms with Crippen LogP contribution in [-0.4, -0.2) is 28.9 Å². The molecule has 0 aliphatic heterocycles. The van der Waals surface area contributed by atoms with Crippen molar-refractivity contribution in [2.24, 2.45) is 7.05 Å². The van der Waals surface area contributed by atoms with Gasteiger partial charge in [-0.3, -0.25) is 9.67 Å². The predicted molar refractivity (Wildman–Crippen MR) is 83.2 cm³/mol. The van der Waals surface area contributed by atoms with E-state index in [2.05, 4.69) is 10.1 Å². The van der Waals surface area contributed by atoms with Crippen molar-refractivity contribution in [3.05, 3.63) is 42.4 Å². The van der Waals surface area contributed by atoms with E-state index in [0.29, 0.717) is 11.3 Å². The zero-order chi connectivity index (χ0) is 15.9. The molecule has 3 aromatic rings. The minimum Gasteiger partial charge on any atom is -0.377 e. The Balaban J connectivity index is 2.18. The average molecular weight is 302 g/mol. The number of anilines is 1. The van der Waals surface area contributed by atoms with Gasteiger partial charge in [0.05, 0.1) is 5.69 Å². The second kappa shape index (κ2) is 5.36. The standard InChI is InChI=1S/C16H16F2N4/c1-21(2)14-6-4-5-10-7-13(19-8-11(10)14)12-9-22(3)20-15(12)16(17)18/h4-9,16H,1-3H3. The van der Waals surface area contributed by atoms with Crippen molar-refractivity contribution in [2.45, 2.75) is 6.43 Å². The van der Waals surface area contributed by atoms with E-state index in [1.807, 2.05) is 43.3 Å². The molecule has 1 aromatic carbocycles. The maximum atomic E-state index is 13.1. The zero-order valence-corrected chi connectivity index (χ0v) is 12.6. The summed E-state index contributed by atoms with van der Waals surface area (Å²) in [5.41, 5.74) is 1.68. The second-order valence-electron chi connectivity index (χ2n) is 5.36. The molecule has 3 rings (SSSR count). The van der Waals surface area contributed by atoms with Crippen molar-refractivity contribution in [3.8, 4) is 11.3 Å². The third kappa shape index (κ3) is 2.41. The fraction of sp³-hybridized carbons (Fsp3) is 0.250. The number of nitrogens with zero attached hydrogens (tertiary/aromatic N) is 4. The highest BCUT2D eigenvalue weighted by Crippen LogP contribution is 2.32. The molecular formula is C16H16F2N4. The number of rotatable bonds is 3. The quantitative estimate of drug-likeness (QED) is 0.741. The van der Waals surface area contributed by atoms with Crippen LogP contribution >= 0.6 is 0 Å². The number of aryl methyl sites for hydroxylation is 1. The van der Waals surface area contributed by atoms with Crippen LogP contribution in [0.25, 0.3) is 22.0 Å². The Morgan fingerprint density at radius 1 is 1.23 bits per heavy atom. The van der Waals surface area contributed by atoms with Crippen molar-refractivity contribution in [2.75, 3.05) is 19.0 Å². The van der Waals surface area contributed by atoms with E-state index >= 15 is 0 Å². The Kier molecular flexibility index (Phi) is 3.52. The van der Waals surface area contributed by atoms with E-state index in [1.54, 1.807) is 19.4 Å². The van der Waals surface area contributed by atoms with Crippen LogP contribution in [0.5, 0.6) is 0 Å². The molecule has 2 heterocycles. The molecule has 22 heavy (non-hydrogen) atoms. The third-order valence-corrected chi connectivity index (χ3v) is 3.56. The Morgan fingerprint density at radius 2 is 2.00 bits per heavy atom. The molecule has 0 radical (unpaired) electrons. The molecule has 0 aliphatic carbocycles. The second-order valence-corrected chi connectivity index (χ2v) is 5.36. The topological polar surface area (TPSA) is 34.0 Å². The minimum absolute atomic E-state index is 0.238. The van der Waals surface area contributed by atoms with Crippen LogP contribution < -0.4 is 4.90 Å². The van der Waals surface area contributed by atoms with Crippen molar-refractivity contribution in [1.29, 1.82) is 0 Å². The molecule has 0 atom stereocenters. The van der Waals surface area contributed by atoms with E-state index in [4.69, 9.17) is 0 Å². The predicted octanol–water partition coefficient (Wildman–Crippen LogP) is 3.64. The molecule has 0 saturated carbocycles. The van der Waals surface area contributed by atoms with Crippen LogP contribution in [0.15, 0.2) is 36.7 Å². The highest BCUT2D eigenvalue weighted by atomic mass is 19.3. The van der Waals surface area contributed by atoms with Gasteiger partial charge in [-0.15, -0.1) is 0 Å². The van der Waals surface area contributed by atoms with Gasteiger partial charge in [0.2, 0.25) is 0 Å². The molecule has 6 heteroatoms. The van der Waals surface area contributed by atoms with Gasteiger partial charge < -0.3 is 4.90 Å². The highest BCUT2D eigenvalue weighted by molar-refractivity contribution is 5.95. The number of benzene rings is 1. The number of alkyl halides is 2. The van der Waals surface area contributed by atoms with Gasteiger partial charge >= 0.3 is 0 Å². The number of hydrogen-bond donors (Lipinski definition) is 0. The molecule has 4 nitrogen and oxygen atoms in total. The number of halogens is 2. The Morgan fingerprint density at radius 3 is 2.68 bits per heavy atom. The van der Waals surface area contributed by atoms with Gasteiger partial charge in [0, 0.05) is 50.2 Å². The molecule has 0 aliphatic rings. The van der Waals surface area contributed by atoms with Gasteiger partial charge in [-0.1, -0.05) is 12.1 Å². The lowest BCUT2D eigenvalue weighted by molar-refractivity contribution is 0.146. The number of fused-ring (bicyclic) bond motifs is 1. The lowest BCUT2D eigenvalue weighted by Gasteiger charge is -2.15. The van der Waals surface area contributed by atoms with E-state index in [1.165, 1.54) is 4.68 Å². The van der Waals surface area contributed by atoms with Crippen molar-refractivity contribution < 1.29 is 8.78 Å². The van der Waals surface area contributed by atoms with Gasteiger partial charge in [0.25, 0.3) is 6.43 Å². The molecule has 2 aromatic heterocycles. The first-order chi connectivity index (χ1) is 10.5. The largest absolute Gasteiger partial charge is 0.377 e. The molecule has 0 saturated heterocycles. The summed E-state index contributed by atoms with van der Waals surface area (Å²) in [6, 6.07) is 7.72. The first-order valence-electron chi connectivity index (χ1n) is 6.85. The fourth-order valence-corrected chi connectivity index (χ4v) is 2.56. The van der Waals surface area contributed by atoms with Crippen LogP contribution in [0.2, 0.25) is 0 Å². The van der Waals surface area contributed by atoms with Crippen LogP contribution in [0.1, 0.15) is 12.1 Å². The summed E-state index contributed by atoms with van der Waals surface area (Å²) in [7, 11) is 5.54. The number of pyridine rings is 1. The maximum Gasteiger partial charge on any atom is 0.282 e. The normalized spacial score (nSPS) is 11.4. The molecular weight excluding hydrogens is 286 g/mol. The molecule has 0 bridgehead atoms. The smallest absolute Gasteiger partial charge is 0.282 e. The monoisotopic (exact) mass is 302 g/mol. The van der Waals surface area contributed by atoms with E-state index in [0.717, 1.165) is 16.5 Å². The Labute approximate surface area is 127 Å². The average Bonchev–Trinajstić information content (AvgIpc) is 2.88. The number of aromatic nitrogens is 3. The van der Waals surface area contributed by atoms with Gasteiger partial charge in [0.15, 0.2) is 0 Å². The highest BCUT2D eigenvalue weighted by Gasteiger charge is 2.20. The van der Waals surface area contributed by atoms with Crippen LogP contribution in [0, 0.1) is 0 Å². The van der Waals surface area contributed by atoms with Crippen molar-refractivity contribution in [1.82, 2.24) is 14.8 Å². The molecule has 0 unspecified atom stereocenters. The van der Waals surface area contributed by atoms with Crippen LogP contribution in [0.4, 0.5) is 14.5 Å². The lowest BCUT2D eigenvalue weighted by atomic mass is 10.1. The fourth-order valence-electron chi connectivity index (χ4n) is 2.56. The summed E-state index contributed by atoms with van der Waals surface area (Å²) < 4.78 is 27.6. The Hall–Kier alpha value is -2.50. The zero-order valence-electron chi connectivity index (χ0n) is 12.6. The molecule has 0 fully saturated rings. The van der Waals surface area contributed by atoms with Gasteiger partial charge in [0.1, 0.15) is 5.69 Å². The summed E-state index contributed by atoms with van der Waals surface area (Å²) >= 11 is 0. The SMILES string of the molecule is CN(C)c1cccc2cc(-c3cn(C)nc3C(F)F)ncc12.